The molecule has 2 N–H and O–H groups in total. The average molecular weight is 459 g/mol. The molecule has 0 radical (unpaired) electrons. The third kappa shape index (κ3) is 7.08. The highest BCUT2D eigenvalue weighted by Crippen LogP contribution is 2.23. The van der Waals surface area contributed by atoms with Crippen LogP contribution in [0.15, 0.2) is 51.9 Å². The van der Waals surface area contributed by atoms with Gasteiger partial charge in [0.05, 0.1) is 11.8 Å². The van der Waals surface area contributed by atoms with Gasteiger partial charge in [0.25, 0.3) is 5.91 Å². The second-order valence-corrected chi connectivity index (χ2v) is 8.92. The quantitative estimate of drug-likeness (QED) is 0.655. The summed E-state index contributed by atoms with van der Waals surface area (Å²) in [6, 6.07) is 10.5. The van der Waals surface area contributed by atoms with Crippen LogP contribution in [0.25, 0.3) is 0 Å². The van der Waals surface area contributed by atoms with Gasteiger partial charge in [0.15, 0.2) is 0 Å². The average Bonchev–Trinajstić information content (AvgIpc) is 2.77. The third-order valence-corrected chi connectivity index (χ3v) is 5.07. The first kappa shape index (κ1) is 24.3. The highest BCUT2D eigenvalue weighted by Gasteiger charge is 2.37. The predicted molar refractivity (Wildman–Crippen MR) is 120 cm³/mol. The van der Waals surface area contributed by atoms with Gasteiger partial charge in [0, 0.05) is 25.8 Å². The van der Waals surface area contributed by atoms with Gasteiger partial charge in [-0.3, -0.25) is 9.59 Å². The zero-order valence-electron chi connectivity index (χ0n) is 19.1. The standard InChI is InChI=1S/C24H30N2O7/c1-23(2,3)33-22(29)25-16-24(10-13-30-14-11-24)26-21(28)20-19(18(27)9-12-31-20)32-15-17-7-5-4-6-8-17/h4-9,12H,10-11,13-16H2,1-3H3,(H,25,29)(H,26,28). The van der Waals surface area contributed by atoms with Crippen LogP contribution in [0.4, 0.5) is 4.79 Å². The maximum Gasteiger partial charge on any atom is 0.407 e. The number of hydrogen-bond donors (Lipinski definition) is 2. The third-order valence-electron chi connectivity index (χ3n) is 5.07. The lowest BCUT2D eigenvalue weighted by molar-refractivity contribution is 0.0275. The van der Waals surface area contributed by atoms with E-state index in [0.29, 0.717) is 26.1 Å². The SMILES string of the molecule is CC(C)(C)OC(=O)NCC1(NC(=O)c2occc(=O)c2OCc2ccccc2)CCOCC1. The van der Waals surface area contributed by atoms with Crippen LogP contribution >= 0.6 is 0 Å². The van der Waals surface area contributed by atoms with Crippen LogP contribution in [0.3, 0.4) is 0 Å². The normalized spacial score (nSPS) is 15.4. The Kier molecular flexibility index (Phi) is 7.75. The molecule has 0 unspecified atom stereocenters. The molecule has 1 aromatic heterocycles. The summed E-state index contributed by atoms with van der Waals surface area (Å²) in [4.78, 5) is 37.8. The van der Waals surface area contributed by atoms with E-state index < -0.39 is 28.6 Å². The lowest BCUT2D eigenvalue weighted by atomic mass is 9.89. The Morgan fingerprint density at radius 1 is 1.09 bits per heavy atom. The summed E-state index contributed by atoms with van der Waals surface area (Å²) in [5, 5.41) is 5.66. The highest BCUT2D eigenvalue weighted by atomic mass is 16.6. The second-order valence-electron chi connectivity index (χ2n) is 8.92. The van der Waals surface area contributed by atoms with Crippen molar-refractivity contribution >= 4 is 12.0 Å². The fraction of sp³-hybridized carbons (Fsp3) is 0.458. The molecule has 1 fully saturated rings. The van der Waals surface area contributed by atoms with E-state index in [0.717, 1.165) is 11.8 Å². The van der Waals surface area contributed by atoms with E-state index in [1.165, 1.54) is 6.07 Å². The van der Waals surface area contributed by atoms with Crippen molar-refractivity contribution in [2.75, 3.05) is 19.8 Å². The largest absolute Gasteiger partial charge is 0.481 e. The summed E-state index contributed by atoms with van der Waals surface area (Å²) < 4.78 is 21.8. The topological polar surface area (TPSA) is 116 Å². The number of carbonyl (C=O) groups excluding carboxylic acids is 2. The molecule has 0 saturated carbocycles. The first-order valence-electron chi connectivity index (χ1n) is 10.8. The van der Waals surface area contributed by atoms with Crippen molar-refractivity contribution in [1.29, 1.82) is 0 Å². The van der Waals surface area contributed by atoms with Crippen molar-refractivity contribution in [1.82, 2.24) is 10.6 Å². The van der Waals surface area contributed by atoms with E-state index in [9.17, 15) is 14.4 Å². The molecule has 1 aliphatic rings. The first-order valence-corrected chi connectivity index (χ1v) is 10.8. The maximum atomic E-state index is 13.2. The molecule has 2 heterocycles. The predicted octanol–water partition coefficient (Wildman–Crippen LogP) is 3.02. The van der Waals surface area contributed by atoms with Gasteiger partial charge in [-0.1, -0.05) is 30.3 Å². The van der Waals surface area contributed by atoms with Gasteiger partial charge in [-0.25, -0.2) is 4.79 Å². The summed E-state index contributed by atoms with van der Waals surface area (Å²) in [7, 11) is 0. The van der Waals surface area contributed by atoms with Gasteiger partial charge in [-0.15, -0.1) is 0 Å². The van der Waals surface area contributed by atoms with Gasteiger partial charge in [-0.2, -0.15) is 0 Å². The van der Waals surface area contributed by atoms with Crippen molar-refractivity contribution in [3.8, 4) is 5.75 Å². The highest BCUT2D eigenvalue weighted by molar-refractivity contribution is 5.94. The van der Waals surface area contributed by atoms with Crippen LogP contribution in [0, 0.1) is 0 Å². The van der Waals surface area contributed by atoms with E-state index in [4.69, 9.17) is 18.6 Å². The number of nitrogens with one attached hydrogen (secondary N) is 2. The van der Waals surface area contributed by atoms with E-state index in [2.05, 4.69) is 10.6 Å². The number of amides is 2. The Balaban J connectivity index is 1.75. The van der Waals surface area contributed by atoms with Crippen LogP contribution in [0.1, 0.15) is 49.7 Å². The summed E-state index contributed by atoms with van der Waals surface area (Å²) in [5.41, 5.74) is -1.06. The Morgan fingerprint density at radius 3 is 2.45 bits per heavy atom. The van der Waals surface area contributed by atoms with Crippen LogP contribution in [0.5, 0.6) is 5.75 Å². The van der Waals surface area contributed by atoms with E-state index in [-0.39, 0.29) is 24.7 Å². The van der Waals surface area contributed by atoms with Crippen molar-refractivity contribution in [2.24, 2.45) is 0 Å². The summed E-state index contributed by atoms with van der Waals surface area (Å²) in [5.74, 6) is -0.994. The smallest absolute Gasteiger partial charge is 0.407 e. The second kappa shape index (κ2) is 10.5. The van der Waals surface area contributed by atoms with E-state index in [1.54, 1.807) is 20.8 Å². The lowest BCUT2D eigenvalue weighted by Gasteiger charge is -2.38. The minimum atomic E-state index is -0.794. The Labute approximate surface area is 192 Å². The molecule has 0 bridgehead atoms. The number of rotatable bonds is 7. The Hall–Kier alpha value is -3.33. The van der Waals surface area contributed by atoms with Crippen molar-refractivity contribution in [3.63, 3.8) is 0 Å². The maximum absolute atomic E-state index is 13.2. The molecule has 0 atom stereocenters. The van der Waals surface area contributed by atoms with Crippen LogP contribution in [-0.2, 0) is 16.1 Å². The number of alkyl carbamates (subject to hydrolysis) is 1. The zero-order valence-corrected chi connectivity index (χ0v) is 19.1. The molecule has 2 aromatic rings. The molecular formula is C24H30N2O7. The van der Waals surface area contributed by atoms with Crippen molar-refractivity contribution in [2.45, 2.75) is 51.4 Å². The molecule has 1 aliphatic heterocycles. The van der Waals surface area contributed by atoms with Crippen molar-refractivity contribution in [3.05, 3.63) is 64.2 Å². The summed E-state index contributed by atoms with van der Waals surface area (Å²) in [6.07, 6.45) is 1.50. The van der Waals surface area contributed by atoms with Crippen LogP contribution in [0.2, 0.25) is 0 Å². The molecule has 178 valence electrons. The minimum Gasteiger partial charge on any atom is -0.481 e. The summed E-state index contributed by atoms with van der Waals surface area (Å²) in [6.45, 7) is 6.37. The first-order chi connectivity index (χ1) is 15.7. The van der Waals surface area contributed by atoms with Gasteiger partial charge in [0.1, 0.15) is 12.2 Å². The van der Waals surface area contributed by atoms with Crippen molar-refractivity contribution < 1.29 is 28.2 Å². The van der Waals surface area contributed by atoms with Crippen LogP contribution < -0.4 is 20.8 Å². The van der Waals surface area contributed by atoms with E-state index >= 15 is 0 Å². The molecule has 0 aliphatic carbocycles. The van der Waals surface area contributed by atoms with Crippen LogP contribution in [-0.4, -0.2) is 42.9 Å². The molecule has 3 rings (SSSR count). The Morgan fingerprint density at radius 2 is 1.79 bits per heavy atom. The molecule has 9 nitrogen and oxygen atoms in total. The van der Waals surface area contributed by atoms with E-state index in [1.807, 2.05) is 30.3 Å². The number of benzene rings is 1. The molecule has 33 heavy (non-hydrogen) atoms. The lowest BCUT2D eigenvalue weighted by Crippen LogP contribution is -2.58. The molecule has 9 heteroatoms. The molecule has 2 amide bonds. The zero-order chi connectivity index (χ0) is 23.9. The summed E-state index contributed by atoms with van der Waals surface area (Å²) >= 11 is 0. The van der Waals surface area contributed by atoms with Gasteiger partial charge in [0.2, 0.25) is 16.9 Å². The number of ether oxygens (including phenoxy) is 3. The molecule has 0 spiro atoms. The van der Waals surface area contributed by atoms with Gasteiger partial charge >= 0.3 is 6.09 Å². The molecule has 1 saturated heterocycles. The molecular weight excluding hydrogens is 428 g/mol. The minimum absolute atomic E-state index is 0.106. The van der Waals surface area contributed by atoms with Gasteiger partial charge < -0.3 is 29.3 Å². The fourth-order valence-electron chi connectivity index (χ4n) is 3.39. The van der Waals surface area contributed by atoms with Gasteiger partial charge in [-0.05, 0) is 39.2 Å². The monoisotopic (exact) mass is 458 g/mol. The Bertz CT molecular complexity index is 1010. The number of hydrogen-bond acceptors (Lipinski definition) is 7. The number of carbonyl (C=O) groups is 2. The fourth-order valence-corrected chi connectivity index (χ4v) is 3.39. The molecule has 1 aromatic carbocycles.